The maximum absolute atomic E-state index is 15.2. The van der Waals surface area contributed by atoms with E-state index in [4.69, 9.17) is 11.5 Å². The third-order valence-corrected chi connectivity index (χ3v) is 17.9. The first-order valence-electron chi connectivity index (χ1n) is 28.1. The molecule has 0 spiro atoms. The number of likely N-dealkylation sites (tertiary alicyclic amines) is 1. The molecule has 0 radical (unpaired) electrons. The minimum absolute atomic E-state index is 0.0108. The molecule has 19 heteroatoms. The summed E-state index contributed by atoms with van der Waals surface area (Å²) < 4.78 is -0.794. The number of primary amides is 2. The van der Waals surface area contributed by atoms with Gasteiger partial charge in [-0.3, -0.25) is 38.4 Å². The molecule has 7 rings (SSSR count). The van der Waals surface area contributed by atoms with E-state index >= 15 is 4.79 Å². The highest BCUT2D eigenvalue weighted by molar-refractivity contribution is 8.00. The number of rotatable bonds is 21. The van der Waals surface area contributed by atoms with Crippen molar-refractivity contribution < 1.29 is 38.4 Å². The van der Waals surface area contributed by atoms with E-state index < -0.39 is 93.7 Å². The Morgan fingerprint density at radius 3 is 1.68 bits per heavy atom. The first-order valence-corrected chi connectivity index (χ1v) is 29.3. The first-order chi connectivity index (χ1) is 38.4. The summed E-state index contributed by atoms with van der Waals surface area (Å²) in [6.45, 7) is 12.5. The molecule has 434 valence electrons. The van der Waals surface area contributed by atoms with Gasteiger partial charge in [0.15, 0.2) is 0 Å². The summed E-state index contributed by atoms with van der Waals surface area (Å²) in [6.07, 6.45) is 6.70. The third kappa shape index (κ3) is 14.2. The van der Waals surface area contributed by atoms with Gasteiger partial charge in [-0.2, -0.15) is 11.8 Å². The largest absolute Gasteiger partial charge is 0.366 e. The summed E-state index contributed by atoms with van der Waals surface area (Å²) in [6, 6.07) is 19.6. The van der Waals surface area contributed by atoms with Gasteiger partial charge in [0.25, 0.3) is 0 Å². The summed E-state index contributed by atoms with van der Waals surface area (Å²) in [5.41, 5.74) is 17.6. The summed E-state index contributed by atoms with van der Waals surface area (Å²) in [4.78, 5) is 115. The van der Waals surface area contributed by atoms with Crippen LogP contribution in [0.4, 0.5) is 0 Å². The third-order valence-electron chi connectivity index (χ3n) is 16.6. The lowest BCUT2D eigenvalue weighted by molar-refractivity contribution is -0.144. The van der Waals surface area contributed by atoms with Crippen LogP contribution in [-0.4, -0.2) is 120 Å². The SMILES string of the molecule is CNC(C)C(=O)NC(C(=O)N1C[C@H](c2c(C(N)=O)ccc(C(N)=O)c2-c2ccc(CC(NC(=O)C(NC(=O)C(C)NC)C(C)(C)SC)C(=O)N[C@@H]3CCCc4ccccc43)cc2)C[C@H]1C(=O)N[C@@H]1CCCc2ccccc21)C(C)(C)C. The molecule has 0 saturated carbocycles. The minimum Gasteiger partial charge on any atom is -0.366 e. The number of hydrogen-bond acceptors (Lipinski definition) is 11. The number of nitrogens with zero attached hydrogens (tertiary/aromatic N) is 1. The molecule has 5 unspecified atom stereocenters. The fourth-order valence-corrected chi connectivity index (χ4v) is 11.9. The van der Waals surface area contributed by atoms with Gasteiger partial charge in [-0.15, -0.1) is 0 Å². The molecule has 1 fully saturated rings. The van der Waals surface area contributed by atoms with Crippen molar-refractivity contribution in [3.63, 3.8) is 0 Å². The second-order valence-electron chi connectivity index (χ2n) is 23.5. The van der Waals surface area contributed by atoms with E-state index in [0.717, 1.165) is 47.9 Å². The number of benzene rings is 4. The maximum atomic E-state index is 15.2. The highest BCUT2D eigenvalue weighted by Gasteiger charge is 2.48. The van der Waals surface area contributed by atoms with Crippen molar-refractivity contribution in [3.8, 4) is 11.1 Å². The number of nitrogens with two attached hydrogens (primary N) is 2. The number of carbonyl (C=O) groups excluding carboxylic acids is 8. The molecule has 4 aromatic rings. The van der Waals surface area contributed by atoms with Crippen LogP contribution in [0.2, 0.25) is 0 Å². The van der Waals surface area contributed by atoms with Crippen LogP contribution in [0.5, 0.6) is 0 Å². The number of fused-ring (bicyclic) bond motifs is 2. The van der Waals surface area contributed by atoms with Crippen LogP contribution in [0.1, 0.15) is 153 Å². The van der Waals surface area contributed by atoms with Gasteiger partial charge in [0.05, 0.1) is 24.2 Å². The first kappa shape index (κ1) is 61.5. The van der Waals surface area contributed by atoms with Crippen molar-refractivity contribution in [1.29, 1.82) is 0 Å². The van der Waals surface area contributed by atoms with E-state index in [1.807, 2.05) is 83.3 Å². The van der Waals surface area contributed by atoms with Gasteiger partial charge >= 0.3 is 0 Å². The number of amides is 8. The van der Waals surface area contributed by atoms with Gasteiger partial charge in [-0.1, -0.05) is 93.6 Å². The Morgan fingerprint density at radius 1 is 0.642 bits per heavy atom. The highest BCUT2D eigenvalue weighted by Crippen LogP contribution is 2.43. The molecule has 2 aliphatic carbocycles. The van der Waals surface area contributed by atoms with E-state index in [1.54, 1.807) is 52.2 Å². The Hall–Kier alpha value is -7.09. The van der Waals surface area contributed by atoms with E-state index in [2.05, 4.69) is 43.3 Å². The lowest BCUT2D eigenvalue weighted by Gasteiger charge is -2.36. The van der Waals surface area contributed by atoms with Crippen molar-refractivity contribution in [2.24, 2.45) is 16.9 Å². The number of carbonyl (C=O) groups is 8. The van der Waals surface area contributed by atoms with Crippen molar-refractivity contribution in [3.05, 3.63) is 129 Å². The topological polar surface area (TPSA) is 276 Å². The summed E-state index contributed by atoms with van der Waals surface area (Å²) in [5, 5.41) is 21.2. The summed E-state index contributed by atoms with van der Waals surface area (Å²) in [7, 11) is 3.29. The van der Waals surface area contributed by atoms with Gasteiger partial charge in [0.1, 0.15) is 24.2 Å². The van der Waals surface area contributed by atoms with Gasteiger partial charge in [0, 0.05) is 34.8 Å². The molecular formula is C62H82N10O8S. The van der Waals surface area contributed by atoms with Gasteiger partial charge in [-0.25, -0.2) is 0 Å². The Bertz CT molecular complexity index is 3010. The van der Waals surface area contributed by atoms with Crippen molar-refractivity contribution in [2.45, 2.75) is 159 Å². The fraction of sp³-hybridized carbons (Fsp3) is 0.484. The standard InChI is InChI=1S/C62H82N10O8S/c1-34(65-8)55(75)70-51(62(6,7)81-10)59(79)69-47(57(77)67-45-23-15-19-37-17-11-13-21-41(37)45)31-36-25-27-39(28-26-36)49-43(53(63)73)29-30-44(54(64)74)50(49)40-32-48(58(78)68-46-24-16-20-38-18-12-14-22-42(38)46)72(33-40)60(80)52(61(3,4)5)71-56(76)35(2)66-9/h11-14,17-18,21-22,25-30,34-35,40,45-48,51-52,65-66H,15-16,19-20,23-24,31-33H2,1-10H3,(H2,63,73)(H2,64,74)(H,67,77)(H,68,78)(H,69,79)(H,70,75)(H,71,76)/t34?,35?,40-,45-,46-,47?,48+,51?,52?/m1/s1. The van der Waals surface area contributed by atoms with Crippen LogP contribution in [0.25, 0.3) is 11.1 Å². The number of hydrogen-bond donors (Lipinski definition) is 9. The molecule has 81 heavy (non-hydrogen) atoms. The van der Waals surface area contributed by atoms with Crippen molar-refractivity contribution in [2.75, 3.05) is 26.9 Å². The van der Waals surface area contributed by atoms with Crippen LogP contribution < -0.4 is 48.7 Å². The molecule has 1 saturated heterocycles. The second kappa shape index (κ2) is 26.2. The van der Waals surface area contributed by atoms with Crippen LogP contribution >= 0.6 is 11.8 Å². The second-order valence-corrected chi connectivity index (χ2v) is 24.9. The molecule has 11 N–H and O–H groups in total. The maximum Gasteiger partial charge on any atom is 0.249 e. The van der Waals surface area contributed by atoms with Crippen LogP contribution in [0.15, 0.2) is 84.9 Å². The quantitative estimate of drug-likeness (QED) is 0.0534. The van der Waals surface area contributed by atoms with E-state index in [-0.39, 0.29) is 54.1 Å². The fourth-order valence-electron chi connectivity index (χ4n) is 11.5. The normalized spacial score (nSPS) is 19.8. The monoisotopic (exact) mass is 1130 g/mol. The molecule has 3 aliphatic rings. The predicted octanol–water partition coefficient (Wildman–Crippen LogP) is 5.02. The zero-order chi connectivity index (χ0) is 59.1. The zero-order valence-corrected chi connectivity index (χ0v) is 49.2. The molecule has 1 heterocycles. The molecular weight excluding hydrogens is 1040 g/mol. The van der Waals surface area contributed by atoms with Crippen molar-refractivity contribution >= 4 is 59.0 Å². The number of likely N-dealkylation sites (N-methyl/N-ethyl adjacent to an activating group) is 2. The Balaban J connectivity index is 1.28. The van der Waals surface area contributed by atoms with E-state index in [0.29, 0.717) is 29.5 Å². The van der Waals surface area contributed by atoms with Crippen LogP contribution in [0.3, 0.4) is 0 Å². The average molecular weight is 1130 g/mol. The van der Waals surface area contributed by atoms with Gasteiger partial charge in [-0.05, 0) is 155 Å². The minimum atomic E-state index is -1.12. The van der Waals surface area contributed by atoms with Gasteiger partial charge in [0.2, 0.25) is 47.3 Å². The van der Waals surface area contributed by atoms with E-state index in [9.17, 15) is 33.6 Å². The molecule has 18 nitrogen and oxygen atoms in total. The predicted molar refractivity (Wildman–Crippen MR) is 316 cm³/mol. The Morgan fingerprint density at radius 2 is 1.16 bits per heavy atom. The smallest absolute Gasteiger partial charge is 0.249 e. The lowest BCUT2D eigenvalue weighted by atomic mass is 9.82. The number of thioether (sulfide) groups is 1. The zero-order valence-electron chi connectivity index (χ0n) is 48.4. The summed E-state index contributed by atoms with van der Waals surface area (Å²) in [5.74, 6) is -5.06. The summed E-state index contributed by atoms with van der Waals surface area (Å²) >= 11 is 1.40. The molecule has 0 bridgehead atoms. The Labute approximate surface area is 480 Å². The van der Waals surface area contributed by atoms with E-state index in [1.165, 1.54) is 28.8 Å². The molecule has 1 aliphatic heterocycles. The van der Waals surface area contributed by atoms with Crippen LogP contribution in [-0.2, 0) is 48.0 Å². The molecule has 0 aromatic heterocycles. The Kier molecular flexibility index (Phi) is 19.9. The number of aryl methyl sites for hydroxylation is 2. The lowest BCUT2D eigenvalue weighted by Crippen LogP contribution is -2.61. The van der Waals surface area contributed by atoms with Crippen LogP contribution in [0, 0.1) is 5.41 Å². The average Bonchev–Trinajstić information content (AvgIpc) is 4.11. The van der Waals surface area contributed by atoms with Gasteiger partial charge < -0.3 is 53.6 Å². The number of nitrogens with one attached hydrogen (secondary N) is 7. The molecule has 9 atom stereocenters. The molecule has 8 amide bonds. The van der Waals surface area contributed by atoms with Crippen molar-refractivity contribution in [1.82, 2.24) is 42.1 Å². The molecule has 4 aromatic carbocycles. The highest BCUT2D eigenvalue weighted by atomic mass is 32.2.